The summed E-state index contributed by atoms with van der Waals surface area (Å²) in [5.41, 5.74) is 0. The molecule has 0 aliphatic rings. The third kappa shape index (κ3) is 14.1. The number of hydrogen-bond acceptors (Lipinski definition) is 2. The summed E-state index contributed by atoms with van der Waals surface area (Å²) in [6.45, 7) is 4.33. The van der Waals surface area contributed by atoms with Gasteiger partial charge in [-0.1, -0.05) is 90.9 Å². The molecule has 0 aliphatic carbocycles. The largest absolute Gasteiger partial charge is 2.00 e. The molecular weight excluding hydrogens is 317 g/mol. The third-order valence-corrected chi connectivity index (χ3v) is 4.60. The van der Waals surface area contributed by atoms with Crippen molar-refractivity contribution in [1.29, 1.82) is 0 Å². The summed E-state index contributed by atoms with van der Waals surface area (Å²) >= 11 is 0. The van der Waals surface area contributed by atoms with E-state index in [1.807, 2.05) is 0 Å². The van der Waals surface area contributed by atoms with Crippen LogP contribution in [0.3, 0.4) is 0 Å². The first-order chi connectivity index (χ1) is 11.0. The van der Waals surface area contributed by atoms with E-state index in [2.05, 4.69) is 13.8 Å². The second-order valence-electron chi connectivity index (χ2n) is 6.74. The van der Waals surface area contributed by atoms with Crippen molar-refractivity contribution in [2.24, 2.45) is 11.8 Å². The summed E-state index contributed by atoms with van der Waals surface area (Å²) in [5, 5.41) is 18.1. The van der Waals surface area contributed by atoms with Gasteiger partial charge in [-0.3, -0.25) is 9.59 Å². The van der Waals surface area contributed by atoms with Gasteiger partial charge in [0.05, 0.1) is 0 Å². The molecule has 2 N–H and O–H groups in total. The molecule has 0 spiro atoms. The Morgan fingerprint density at radius 2 is 1.17 bits per heavy atom. The Labute approximate surface area is 166 Å². The van der Waals surface area contributed by atoms with E-state index in [0.29, 0.717) is 0 Å². The molecule has 1 atom stereocenters. The maximum atomic E-state index is 11.1. The van der Waals surface area contributed by atoms with Crippen LogP contribution in [0.25, 0.3) is 0 Å². The smallest absolute Gasteiger partial charge is 1.00 e. The average Bonchev–Trinajstić information content (AvgIpc) is 2.50. The standard InChI is InChI=1S/C19H36O4.Mg.2H/c1-3-5-7-8-9-10-11-12-14-16(13-6-4-2)15-17(18(20)21)19(22)23;;;/h16-17H,3-15H2,1-2H3,(H,20,21)(H,22,23);;;/q;+2;2*-1. The van der Waals surface area contributed by atoms with Crippen LogP contribution in [-0.2, 0) is 9.59 Å². The molecule has 0 fully saturated rings. The van der Waals surface area contributed by atoms with Crippen LogP contribution in [0, 0.1) is 11.8 Å². The Morgan fingerprint density at radius 1 is 0.750 bits per heavy atom. The van der Waals surface area contributed by atoms with E-state index in [-0.39, 0.29) is 38.2 Å². The molecule has 4 nitrogen and oxygen atoms in total. The van der Waals surface area contributed by atoms with Crippen molar-refractivity contribution in [1.82, 2.24) is 0 Å². The van der Waals surface area contributed by atoms with E-state index in [0.717, 1.165) is 32.1 Å². The Balaban J connectivity index is -0.000000807. The topological polar surface area (TPSA) is 74.6 Å². The molecule has 0 aliphatic heterocycles. The number of carbonyl (C=O) groups is 2. The Morgan fingerprint density at radius 3 is 1.62 bits per heavy atom. The van der Waals surface area contributed by atoms with Crippen molar-refractivity contribution in [3.63, 3.8) is 0 Å². The minimum atomic E-state index is -1.24. The van der Waals surface area contributed by atoms with Gasteiger partial charge in [0.15, 0.2) is 5.92 Å². The molecule has 24 heavy (non-hydrogen) atoms. The monoisotopic (exact) mass is 354 g/mol. The normalized spacial score (nSPS) is 12.0. The maximum absolute atomic E-state index is 11.1. The van der Waals surface area contributed by atoms with Crippen LogP contribution >= 0.6 is 0 Å². The molecular formula is C19H38MgO4. The Bertz CT molecular complexity index is 317. The van der Waals surface area contributed by atoms with Crippen molar-refractivity contribution < 1.29 is 22.7 Å². The molecule has 0 bridgehead atoms. The van der Waals surface area contributed by atoms with Gasteiger partial charge in [0.2, 0.25) is 0 Å². The quantitative estimate of drug-likeness (QED) is 0.223. The van der Waals surface area contributed by atoms with Crippen LogP contribution in [0.1, 0.15) is 100 Å². The Kier molecular flexibility index (Phi) is 18.9. The Hall–Kier alpha value is -0.294. The van der Waals surface area contributed by atoms with Gasteiger partial charge in [-0.2, -0.15) is 0 Å². The van der Waals surface area contributed by atoms with Gasteiger partial charge in [-0.15, -0.1) is 0 Å². The van der Waals surface area contributed by atoms with E-state index >= 15 is 0 Å². The van der Waals surface area contributed by atoms with Crippen molar-refractivity contribution in [3.05, 3.63) is 0 Å². The molecule has 0 aromatic heterocycles. The molecule has 1 unspecified atom stereocenters. The molecule has 0 heterocycles. The van der Waals surface area contributed by atoms with Gasteiger partial charge >= 0.3 is 35.0 Å². The minimum Gasteiger partial charge on any atom is -1.00 e. The summed E-state index contributed by atoms with van der Waals surface area (Å²) in [5.74, 6) is -3.41. The molecule has 140 valence electrons. The molecule has 0 amide bonds. The van der Waals surface area contributed by atoms with Gasteiger partial charge < -0.3 is 13.1 Å². The summed E-state index contributed by atoms with van der Waals surface area (Å²) in [7, 11) is 0. The molecule has 0 saturated heterocycles. The summed E-state index contributed by atoms with van der Waals surface area (Å²) in [6, 6.07) is 0. The molecule has 5 heteroatoms. The molecule has 0 saturated carbocycles. The number of carboxylic acids is 2. The van der Waals surface area contributed by atoms with E-state index < -0.39 is 17.9 Å². The number of rotatable bonds is 16. The summed E-state index contributed by atoms with van der Waals surface area (Å²) < 4.78 is 0. The predicted molar refractivity (Wildman–Crippen MR) is 102 cm³/mol. The van der Waals surface area contributed by atoms with Gasteiger partial charge in [-0.05, 0) is 12.3 Å². The number of carboxylic acid groups (broad SMARTS) is 2. The fourth-order valence-corrected chi connectivity index (χ4v) is 3.08. The van der Waals surface area contributed by atoms with Crippen molar-refractivity contribution >= 4 is 35.0 Å². The van der Waals surface area contributed by atoms with Crippen molar-refractivity contribution in [2.45, 2.75) is 97.3 Å². The molecule has 0 aromatic rings. The molecule has 0 rings (SSSR count). The van der Waals surface area contributed by atoms with Gasteiger partial charge in [0.1, 0.15) is 0 Å². The summed E-state index contributed by atoms with van der Waals surface area (Å²) in [4.78, 5) is 22.1. The van der Waals surface area contributed by atoms with Crippen LogP contribution in [0.15, 0.2) is 0 Å². The fourth-order valence-electron chi connectivity index (χ4n) is 3.08. The van der Waals surface area contributed by atoms with E-state index in [1.54, 1.807) is 0 Å². The van der Waals surface area contributed by atoms with Crippen LogP contribution < -0.4 is 0 Å². The maximum Gasteiger partial charge on any atom is 2.00 e. The molecule has 0 radical (unpaired) electrons. The van der Waals surface area contributed by atoms with E-state index in [4.69, 9.17) is 10.2 Å². The van der Waals surface area contributed by atoms with E-state index in [1.165, 1.54) is 44.9 Å². The third-order valence-electron chi connectivity index (χ3n) is 4.60. The first kappa shape index (κ1) is 25.9. The van der Waals surface area contributed by atoms with Crippen LogP contribution in [0.5, 0.6) is 0 Å². The number of unbranched alkanes of at least 4 members (excludes halogenated alkanes) is 8. The second-order valence-corrected chi connectivity index (χ2v) is 6.74. The van der Waals surface area contributed by atoms with E-state index in [9.17, 15) is 9.59 Å². The zero-order chi connectivity index (χ0) is 17.5. The second kappa shape index (κ2) is 17.5. The number of aliphatic carboxylic acids is 2. The van der Waals surface area contributed by atoms with Gasteiger partial charge in [0.25, 0.3) is 0 Å². The number of hydrogen-bond donors (Lipinski definition) is 2. The first-order valence-corrected chi connectivity index (χ1v) is 9.48. The zero-order valence-corrected chi connectivity index (χ0v) is 17.2. The van der Waals surface area contributed by atoms with Gasteiger partial charge in [0, 0.05) is 0 Å². The van der Waals surface area contributed by atoms with Crippen LogP contribution in [-0.4, -0.2) is 45.2 Å². The minimum absolute atomic E-state index is 0. The van der Waals surface area contributed by atoms with Crippen molar-refractivity contribution in [3.8, 4) is 0 Å². The first-order valence-electron chi connectivity index (χ1n) is 9.48. The van der Waals surface area contributed by atoms with Crippen LogP contribution in [0.2, 0.25) is 0 Å². The average molecular weight is 355 g/mol. The van der Waals surface area contributed by atoms with Crippen LogP contribution in [0.4, 0.5) is 0 Å². The molecule has 0 aromatic carbocycles. The van der Waals surface area contributed by atoms with Gasteiger partial charge in [-0.25, -0.2) is 0 Å². The van der Waals surface area contributed by atoms with Crippen molar-refractivity contribution in [2.75, 3.05) is 0 Å². The summed E-state index contributed by atoms with van der Waals surface area (Å²) in [6.07, 6.45) is 14.3. The SMILES string of the molecule is CCCCCCCCCCC(CCCC)CC(C(=O)O)C(=O)O.[H-].[H-].[Mg+2]. The predicted octanol–water partition coefficient (Wildman–Crippen LogP) is 5.34. The zero-order valence-electron chi connectivity index (χ0n) is 17.8. The fraction of sp³-hybridized carbons (Fsp3) is 0.895.